The van der Waals surface area contributed by atoms with Crippen LogP contribution in [0.3, 0.4) is 0 Å². The summed E-state index contributed by atoms with van der Waals surface area (Å²) < 4.78 is 5.76. The highest BCUT2D eigenvalue weighted by molar-refractivity contribution is 6.00. The monoisotopic (exact) mass is 424 g/mol. The summed E-state index contributed by atoms with van der Waals surface area (Å²) in [5.74, 6) is 0.768. The molecule has 0 radical (unpaired) electrons. The van der Waals surface area contributed by atoms with Gasteiger partial charge in [-0.1, -0.05) is 55.5 Å². The molecule has 1 amide bonds. The lowest BCUT2D eigenvalue weighted by Crippen LogP contribution is -2.29. The minimum atomic E-state index is -0.258. The van der Waals surface area contributed by atoms with Crippen LogP contribution in [-0.2, 0) is 6.54 Å². The van der Waals surface area contributed by atoms with Gasteiger partial charge >= 0.3 is 0 Å². The first-order chi connectivity index (χ1) is 15.8. The zero-order valence-electron chi connectivity index (χ0n) is 17.9. The smallest absolute Gasteiger partial charge is 0.273 e. The van der Waals surface area contributed by atoms with E-state index in [1.54, 1.807) is 12.4 Å². The van der Waals surface area contributed by atoms with Crippen LogP contribution in [0.25, 0.3) is 11.3 Å². The van der Waals surface area contributed by atoms with Gasteiger partial charge in [-0.25, -0.2) is 0 Å². The van der Waals surface area contributed by atoms with Gasteiger partial charge in [-0.15, -0.1) is 0 Å². The molecule has 0 aliphatic carbocycles. The highest BCUT2D eigenvalue weighted by atomic mass is 16.5. The summed E-state index contributed by atoms with van der Waals surface area (Å²) in [6.45, 7) is 3.22. The van der Waals surface area contributed by atoms with E-state index in [1.165, 1.54) is 0 Å². The van der Waals surface area contributed by atoms with Crippen LogP contribution in [0, 0.1) is 0 Å². The molecule has 2 aromatic carbocycles. The van der Waals surface area contributed by atoms with Crippen LogP contribution in [0.2, 0.25) is 0 Å². The lowest BCUT2D eigenvalue weighted by Gasteiger charge is -2.26. The number of carbonyl (C=O) groups excluding carboxylic acids is 1. The molecular formula is C26H24N4O2. The molecule has 1 unspecified atom stereocenters. The third kappa shape index (κ3) is 3.64. The Morgan fingerprint density at radius 2 is 1.84 bits per heavy atom. The number of nitrogens with zero attached hydrogens (tertiary/aromatic N) is 3. The Morgan fingerprint density at radius 3 is 2.56 bits per heavy atom. The van der Waals surface area contributed by atoms with Gasteiger partial charge in [0.15, 0.2) is 0 Å². The molecule has 4 aromatic rings. The number of pyridine rings is 1. The summed E-state index contributed by atoms with van der Waals surface area (Å²) in [5, 5.41) is 7.53. The number of H-pyrrole nitrogens is 1. The summed E-state index contributed by atoms with van der Waals surface area (Å²) in [5.41, 5.74) is 5.24. The largest absolute Gasteiger partial charge is 0.494 e. The van der Waals surface area contributed by atoms with Gasteiger partial charge in [-0.3, -0.25) is 14.9 Å². The third-order valence-corrected chi connectivity index (χ3v) is 5.66. The fraction of sp³-hybridized carbons (Fsp3) is 0.192. The second-order valence-corrected chi connectivity index (χ2v) is 7.84. The zero-order valence-corrected chi connectivity index (χ0v) is 17.9. The topological polar surface area (TPSA) is 71.1 Å². The van der Waals surface area contributed by atoms with Gasteiger partial charge in [-0.2, -0.15) is 5.10 Å². The summed E-state index contributed by atoms with van der Waals surface area (Å²) in [4.78, 5) is 19.5. The van der Waals surface area contributed by atoms with Crippen LogP contribution in [0.5, 0.6) is 5.75 Å². The van der Waals surface area contributed by atoms with Crippen molar-refractivity contribution < 1.29 is 9.53 Å². The number of fused-ring (bicyclic) bond motifs is 1. The number of hydrogen-bond donors (Lipinski definition) is 1. The fourth-order valence-electron chi connectivity index (χ4n) is 4.18. The Hall–Kier alpha value is -3.93. The molecule has 0 saturated carbocycles. The van der Waals surface area contributed by atoms with Crippen LogP contribution in [0.15, 0.2) is 79.1 Å². The Kier molecular flexibility index (Phi) is 5.42. The fourth-order valence-corrected chi connectivity index (χ4v) is 4.18. The van der Waals surface area contributed by atoms with E-state index in [4.69, 9.17) is 4.74 Å². The highest BCUT2D eigenvalue weighted by Crippen LogP contribution is 2.43. The molecule has 3 heterocycles. The maximum atomic E-state index is 13.4. The van der Waals surface area contributed by atoms with E-state index in [9.17, 15) is 4.79 Å². The van der Waals surface area contributed by atoms with Gasteiger partial charge in [0.25, 0.3) is 5.91 Å². The average molecular weight is 425 g/mol. The quantitative estimate of drug-likeness (QED) is 0.453. The van der Waals surface area contributed by atoms with Crippen LogP contribution in [-0.4, -0.2) is 32.6 Å². The van der Waals surface area contributed by atoms with Crippen LogP contribution in [0.4, 0.5) is 0 Å². The lowest BCUT2D eigenvalue weighted by molar-refractivity contribution is 0.0730. The number of rotatable bonds is 7. The SMILES string of the molecule is CCCOc1ccc(C2c3c(-c4ccccc4)n[nH]c3C(=O)N2Cc2cccnc2)cc1. The third-order valence-electron chi connectivity index (χ3n) is 5.66. The first kappa shape index (κ1) is 20.0. The van der Waals surface area contributed by atoms with Crippen molar-refractivity contribution in [2.45, 2.75) is 25.9 Å². The molecule has 6 nitrogen and oxygen atoms in total. The minimum Gasteiger partial charge on any atom is -0.494 e. The molecule has 32 heavy (non-hydrogen) atoms. The predicted molar refractivity (Wildman–Crippen MR) is 122 cm³/mol. The van der Waals surface area contributed by atoms with Crippen molar-refractivity contribution in [1.29, 1.82) is 0 Å². The Morgan fingerprint density at radius 1 is 1.03 bits per heavy atom. The van der Waals surface area contributed by atoms with E-state index >= 15 is 0 Å². The van der Waals surface area contributed by atoms with Crippen molar-refractivity contribution in [3.8, 4) is 17.0 Å². The van der Waals surface area contributed by atoms with Gasteiger partial charge in [0.05, 0.1) is 18.3 Å². The highest BCUT2D eigenvalue weighted by Gasteiger charge is 2.42. The number of hydrogen-bond acceptors (Lipinski definition) is 4. The molecule has 0 fully saturated rings. The van der Waals surface area contributed by atoms with Crippen LogP contribution >= 0.6 is 0 Å². The number of aromatic amines is 1. The van der Waals surface area contributed by atoms with E-state index in [1.807, 2.05) is 71.6 Å². The molecule has 6 heteroatoms. The van der Waals surface area contributed by atoms with E-state index in [0.29, 0.717) is 18.8 Å². The van der Waals surface area contributed by atoms with Gasteiger partial charge in [-0.05, 0) is 35.7 Å². The molecule has 2 aromatic heterocycles. The average Bonchev–Trinajstić information content (AvgIpc) is 3.39. The number of nitrogens with one attached hydrogen (secondary N) is 1. The zero-order chi connectivity index (χ0) is 21.9. The van der Waals surface area contributed by atoms with Crippen LogP contribution in [0.1, 0.15) is 46.6 Å². The molecule has 1 atom stereocenters. The molecule has 1 aliphatic heterocycles. The second kappa shape index (κ2) is 8.67. The Bertz CT molecular complexity index is 1200. The van der Waals surface area contributed by atoms with Crippen molar-refractivity contribution in [2.75, 3.05) is 6.61 Å². The summed E-state index contributed by atoms with van der Waals surface area (Å²) in [7, 11) is 0. The molecular weight excluding hydrogens is 400 g/mol. The molecule has 160 valence electrons. The minimum absolute atomic E-state index is 0.0603. The number of amides is 1. The summed E-state index contributed by atoms with van der Waals surface area (Å²) in [6, 6.07) is 21.6. The Balaban J connectivity index is 1.58. The number of ether oxygens (including phenoxy) is 1. The maximum Gasteiger partial charge on any atom is 0.273 e. The normalized spacial score (nSPS) is 15.1. The molecule has 0 bridgehead atoms. The van der Waals surface area contributed by atoms with Crippen molar-refractivity contribution in [3.63, 3.8) is 0 Å². The lowest BCUT2D eigenvalue weighted by atomic mass is 9.96. The molecule has 1 aliphatic rings. The predicted octanol–water partition coefficient (Wildman–Crippen LogP) is 5.01. The second-order valence-electron chi connectivity index (χ2n) is 7.84. The van der Waals surface area contributed by atoms with E-state index in [-0.39, 0.29) is 11.9 Å². The van der Waals surface area contributed by atoms with E-state index in [2.05, 4.69) is 22.1 Å². The standard InChI is InChI=1S/C26H24N4O2/c1-2-15-32-21-12-10-20(11-13-21)25-22-23(19-8-4-3-5-9-19)28-29-24(22)26(31)30(25)17-18-7-6-14-27-16-18/h3-14,16,25H,2,15,17H2,1H3,(H,28,29). The van der Waals surface area contributed by atoms with Crippen LogP contribution < -0.4 is 4.74 Å². The number of aromatic nitrogens is 3. The van der Waals surface area contributed by atoms with Crippen molar-refractivity contribution in [1.82, 2.24) is 20.1 Å². The van der Waals surface area contributed by atoms with Crippen molar-refractivity contribution in [2.24, 2.45) is 0 Å². The molecule has 1 N–H and O–H groups in total. The summed E-state index contributed by atoms with van der Waals surface area (Å²) in [6.07, 6.45) is 4.49. The molecule has 0 saturated heterocycles. The molecule has 0 spiro atoms. The Labute approximate surface area is 186 Å². The van der Waals surface area contributed by atoms with Gasteiger partial charge in [0.2, 0.25) is 0 Å². The molecule has 5 rings (SSSR count). The first-order valence-corrected chi connectivity index (χ1v) is 10.8. The van der Waals surface area contributed by atoms with Crippen molar-refractivity contribution in [3.05, 3.63) is 102 Å². The number of benzene rings is 2. The van der Waals surface area contributed by atoms with Crippen molar-refractivity contribution >= 4 is 5.91 Å². The van der Waals surface area contributed by atoms with E-state index in [0.717, 1.165) is 40.1 Å². The van der Waals surface area contributed by atoms with Gasteiger partial charge in [0.1, 0.15) is 11.4 Å². The van der Waals surface area contributed by atoms with E-state index < -0.39 is 0 Å². The van der Waals surface area contributed by atoms with Gasteiger partial charge in [0, 0.05) is 30.1 Å². The first-order valence-electron chi connectivity index (χ1n) is 10.8. The summed E-state index contributed by atoms with van der Waals surface area (Å²) >= 11 is 0. The maximum absolute atomic E-state index is 13.4. The number of carbonyl (C=O) groups is 1. The van der Waals surface area contributed by atoms with Gasteiger partial charge < -0.3 is 9.64 Å².